The lowest BCUT2D eigenvalue weighted by molar-refractivity contribution is -0.132. The summed E-state index contributed by atoms with van der Waals surface area (Å²) >= 11 is 0. The summed E-state index contributed by atoms with van der Waals surface area (Å²) in [4.78, 5) is 14.0. The van der Waals surface area contributed by atoms with Crippen LogP contribution in [0.4, 0.5) is 0 Å². The first-order chi connectivity index (χ1) is 8.22. The fraction of sp³-hybridized carbons (Fsp3) is 0.929. The zero-order valence-electron chi connectivity index (χ0n) is 10.8. The van der Waals surface area contributed by atoms with Gasteiger partial charge >= 0.3 is 0 Å². The number of carbonyl (C=O) groups is 1. The van der Waals surface area contributed by atoms with Crippen LogP contribution in [-0.4, -0.2) is 37.5 Å². The number of fused-ring (bicyclic) bond motifs is 2. The van der Waals surface area contributed by atoms with Gasteiger partial charge < -0.3 is 10.2 Å². The number of rotatable bonds is 4. The lowest BCUT2D eigenvalue weighted by atomic mass is 9.88. The normalized spacial score (nSPS) is 35.9. The van der Waals surface area contributed by atoms with E-state index in [1.165, 1.54) is 25.7 Å². The van der Waals surface area contributed by atoms with Gasteiger partial charge in [0.1, 0.15) is 0 Å². The lowest BCUT2D eigenvalue weighted by Gasteiger charge is -2.31. The van der Waals surface area contributed by atoms with Crippen molar-refractivity contribution in [1.82, 2.24) is 10.2 Å². The van der Waals surface area contributed by atoms with Gasteiger partial charge in [-0.3, -0.25) is 4.79 Å². The molecular formula is C14H24N2O. The molecule has 0 aromatic heterocycles. The fourth-order valence-corrected chi connectivity index (χ4v) is 3.95. The molecule has 3 aliphatic rings. The van der Waals surface area contributed by atoms with Crippen molar-refractivity contribution in [3.63, 3.8) is 0 Å². The number of carbonyl (C=O) groups excluding carboxylic acids is 1. The van der Waals surface area contributed by atoms with Gasteiger partial charge in [-0.15, -0.1) is 0 Å². The molecule has 96 valence electrons. The van der Waals surface area contributed by atoms with Gasteiger partial charge in [-0.25, -0.2) is 0 Å². The Hall–Kier alpha value is -0.570. The molecule has 1 heterocycles. The SMILES string of the molecule is CN(CC1CC2CCC1C2)C(=O)CC1CNC1. The van der Waals surface area contributed by atoms with Crippen LogP contribution in [0.1, 0.15) is 32.1 Å². The minimum Gasteiger partial charge on any atom is -0.345 e. The van der Waals surface area contributed by atoms with Crippen LogP contribution in [0.25, 0.3) is 0 Å². The van der Waals surface area contributed by atoms with Gasteiger partial charge in [0.05, 0.1) is 0 Å². The molecule has 3 fully saturated rings. The summed E-state index contributed by atoms with van der Waals surface area (Å²) in [6, 6.07) is 0. The number of nitrogens with one attached hydrogen (secondary N) is 1. The Bertz CT molecular complexity index is 301. The monoisotopic (exact) mass is 236 g/mol. The minimum atomic E-state index is 0.360. The largest absolute Gasteiger partial charge is 0.345 e. The minimum absolute atomic E-state index is 0.360. The Morgan fingerprint density at radius 2 is 2.12 bits per heavy atom. The van der Waals surface area contributed by atoms with Crippen LogP contribution in [0.3, 0.4) is 0 Å². The molecule has 1 N–H and O–H groups in total. The van der Waals surface area contributed by atoms with Gasteiger partial charge in [0, 0.05) is 20.0 Å². The van der Waals surface area contributed by atoms with Crippen LogP contribution in [0.5, 0.6) is 0 Å². The second-order valence-corrected chi connectivity index (χ2v) is 6.44. The van der Waals surface area contributed by atoms with E-state index in [1.54, 1.807) is 0 Å². The van der Waals surface area contributed by atoms with Crippen molar-refractivity contribution in [3.05, 3.63) is 0 Å². The number of amides is 1. The Morgan fingerprint density at radius 1 is 1.29 bits per heavy atom. The van der Waals surface area contributed by atoms with Crippen LogP contribution in [0, 0.1) is 23.7 Å². The van der Waals surface area contributed by atoms with E-state index < -0.39 is 0 Å². The first-order valence-corrected chi connectivity index (χ1v) is 7.17. The number of hydrogen-bond acceptors (Lipinski definition) is 2. The summed E-state index contributed by atoms with van der Waals surface area (Å²) in [5.41, 5.74) is 0. The van der Waals surface area contributed by atoms with Crippen LogP contribution < -0.4 is 5.32 Å². The molecule has 0 aromatic rings. The van der Waals surface area contributed by atoms with Gasteiger partial charge in [0.25, 0.3) is 0 Å². The molecule has 0 spiro atoms. The van der Waals surface area contributed by atoms with E-state index in [9.17, 15) is 4.79 Å². The summed E-state index contributed by atoms with van der Waals surface area (Å²) in [6.45, 7) is 3.08. The van der Waals surface area contributed by atoms with E-state index in [0.717, 1.165) is 43.8 Å². The molecule has 3 atom stereocenters. The predicted molar refractivity (Wildman–Crippen MR) is 67.6 cm³/mol. The van der Waals surface area contributed by atoms with E-state index in [-0.39, 0.29) is 0 Å². The first kappa shape index (κ1) is 11.5. The van der Waals surface area contributed by atoms with Crippen molar-refractivity contribution < 1.29 is 4.79 Å². The van der Waals surface area contributed by atoms with Crippen molar-refractivity contribution >= 4 is 5.91 Å². The molecule has 2 saturated carbocycles. The van der Waals surface area contributed by atoms with E-state index in [0.29, 0.717) is 11.8 Å². The van der Waals surface area contributed by atoms with Crippen molar-refractivity contribution in [2.45, 2.75) is 32.1 Å². The average molecular weight is 236 g/mol. The van der Waals surface area contributed by atoms with E-state index >= 15 is 0 Å². The molecular weight excluding hydrogens is 212 g/mol. The van der Waals surface area contributed by atoms with Crippen molar-refractivity contribution in [2.75, 3.05) is 26.7 Å². The predicted octanol–water partition coefficient (Wildman–Crippen LogP) is 1.49. The summed E-state index contributed by atoms with van der Waals surface area (Å²) in [5.74, 6) is 3.69. The molecule has 2 bridgehead atoms. The van der Waals surface area contributed by atoms with Crippen molar-refractivity contribution in [3.8, 4) is 0 Å². The molecule has 0 aromatic carbocycles. The maximum absolute atomic E-state index is 12.0. The highest BCUT2D eigenvalue weighted by atomic mass is 16.2. The zero-order chi connectivity index (χ0) is 11.8. The molecule has 0 radical (unpaired) electrons. The third kappa shape index (κ3) is 2.35. The molecule has 3 nitrogen and oxygen atoms in total. The summed E-state index contributed by atoms with van der Waals surface area (Å²) in [7, 11) is 2.00. The second kappa shape index (κ2) is 4.60. The standard InChI is InChI=1S/C14H24N2O/c1-16(14(17)6-11-7-15-8-11)9-13-5-10-2-3-12(13)4-10/h10-13,15H,2-9H2,1H3. The molecule has 2 aliphatic carbocycles. The molecule has 1 saturated heterocycles. The van der Waals surface area contributed by atoms with Gasteiger partial charge in [-0.2, -0.15) is 0 Å². The van der Waals surface area contributed by atoms with E-state index in [1.807, 2.05) is 11.9 Å². The first-order valence-electron chi connectivity index (χ1n) is 7.17. The van der Waals surface area contributed by atoms with Crippen molar-refractivity contribution in [2.24, 2.45) is 23.7 Å². The lowest BCUT2D eigenvalue weighted by Crippen LogP contribution is -2.45. The fourth-order valence-electron chi connectivity index (χ4n) is 3.95. The van der Waals surface area contributed by atoms with E-state index in [4.69, 9.17) is 0 Å². The van der Waals surface area contributed by atoms with Gasteiger partial charge in [-0.05, 0) is 56.0 Å². The Morgan fingerprint density at radius 3 is 2.65 bits per heavy atom. The zero-order valence-corrected chi connectivity index (χ0v) is 10.8. The average Bonchev–Trinajstić information content (AvgIpc) is 2.84. The molecule has 3 unspecified atom stereocenters. The van der Waals surface area contributed by atoms with Gasteiger partial charge in [0.15, 0.2) is 0 Å². The van der Waals surface area contributed by atoms with Crippen LogP contribution in [0.15, 0.2) is 0 Å². The van der Waals surface area contributed by atoms with Gasteiger partial charge in [0.2, 0.25) is 5.91 Å². The highest BCUT2D eigenvalue weighted by Crippen LogP contribution is 2.48. The second-order valence-electron chi connectivity index (χ2n) is 6.44. The molecule has 17 heavy (non-hydrogen) atoms. The van der Waals surface area contributed by atoms with Crippen LogP contribution >= 0.6 is 0 Å². The summed E-state index contributed by atoms with van der Waals surface area (Å²) in [6.07, 6.45) is 6.45. The Kier molecular flexibility index (Phi) is 3.12. The Balaban J connectivity index is 1.45. The highest BCUT2D eigenvalue weighted by Gasteiger charge is 2.40. The maximum Gasteiger partial charge on any atom is 0.222 e. The number of nitrogens with zero attached hydrogens (tertiary/aromatic N) is 1. The molecule has 1 amide bonds. The third-order valence-electron chi connectivity index (χ3n) is 5.15. The maximum atomic E-state index is 12.0. The Labute approximate surface area is 104 Å². The van der Waals surface area contributed by atoms with Crippen LogP contribution in [0.2, 0.25) is 0 Å². The van der Waals surface area contributed by atoms with Crippen LogP contribution in [-0.2, 0) is 4.79 Å². The summed E-state index contributed by atoms with van der Waals surface area (Å²) in [5, 5.41) is 3.23. The van der Waals surface area contributed by atoms with Gasteiger partial charge in [-0.1, -0.05) is 6.42 Å². The third-order valence-corrected chi connectivity index (χ3v) is 5.15. The molecule has 3 rings (SSSR count). The van der Waals surface area contributed by atoms with E-state index in [2.05, 4.69) is 5.32 Å². The summed E-state index contributed by atoms with van der Waals surface area (Å²) < 4.78 is 0. The molecule has 1 aliphatic heterocycles. The highest BCUT2D eigenvalue weighted by molar-refractivity contribution is 5.76. The smallest absolute Gasteiger partial charge is 0.222 e. The number of hydrogen-bond donors (Lipinski definition) is 1. The molecule has 3 heteroatoms. The van der Waals surface area contributed by atoms with Crippen molar-refractivity contribution in [1.29, 1.82) is 0 Å². The topological polar surface area (TPSA) is 32.3 Å². The quantitative estimate of drug-likeness (QED) is 0.802.